The number of benzene rings is 1. The Labute approximate surface area is 173 Å². The van der Waals surface area contributed by atoms with Crippen LogP contribution in [0.5, 0.6) is 0 Å². The van der Waals surface area contributed by atoms with Crippen molar-refractivity contribution in [1.82, 2.24) is 14.9 Å². The zero-order valence-corrected chi connectivity index (χ0v) is 17.9. The van der Waals surface area contributed by atoms with Gasteiger partial charge in [0.15, 0.2) is 5.82 Å². The fourth-order valence-electron chi connectivity index (χ4n) is 2.65. The molecule has 0 bridgehead atoms. The zero-order chi connectivity index (χ0) is 21.0. The summed E-state index contributed by atoms with van der Waals surface area (Å²) < 4.78 is 32.1. The third kappa shape index (κ3) is 5.10. The number of aromatic nitrogens is 2. The second-order valence-electron chi connectivity index (χ2n) is 6.40. The van der Waals surface area contributed by atoms with Gasteiger partial charge in [0, 0.05) is 30.2 Å². The molecular formula is C19H22N4O4S2. The van der Waals surface area contributed by atoms with Crippen LogP contribution in [-0.4, -0.2) is 44.8 Å². The predicted octanol–water partition coefficient (Wildman–Crippen LogP) is 2.93. The van der Waals surface area contributed by atoms with Gasteiger partial charge in [-0.3, -0.25) is 9.89 Å². The number of H-pyrrole nitrogens is 1. The molecule has 0 atom stereocenters. The SMILES string of the molecule is COCCNS(=O)(=O)c1ccc(C)c(C(=O)Nc2cc(-c3ccc(C)s3)[nH]n2)c1. The van der Waals surface area contributed by atoms with E-state index in [1.807, 2.05) is 19.1 Å². The minimum absolute atomic E-state index is 0.0149. The van der Waals surface area contributed by atoms with Crippen molar-refractivity contribution in [3.63, 3.8) is 0 Å². The van der Waals surface area contributed by atoms with Gasteiger partial charge in [-0.1, -0.05) is 6.07 Å². The number of sulfonamides is 1. The van der Waals surface area contributed by atoms with Crippen molar-refractivity contribution in [3.8, 4) is 10.6 Å². The Morgan fingerprint density at radius 1 is 1.21 bits per heavy atom. The first-order chi connectivity index (χ1) is 13.8. The van der Waals surface area contributed by atoms with E-state index in [2.05, 4.69) is 20.2 Å². The van der Waals surface area contributed by atoms with E-state index in [1.165, 1.54) is 24.1 Å². The van der Waals surface area contributed by atoms with E-state index in [4.69, 9.17) is 4.74 Å². The standard InChI is InChI=1S/C19H22N4O4S2/c1-12-4-6-14(29(25,26)20-8-9-27-3)10-15(12)19(24)21-18-11-16(22-23-18)17-7-5-13(2)28-17/h4-7,10-11,20H,8-9H2,1-3H3,(H2,21,22,23,24). The zero-order valence-electron chi connectivity index (χ0n) is 16.3. The van der Waals surface area contributed by atoms with Crippen LogP contribution >= 0.6 is 11.3 Å². The molecule has 0 unspecified atom stereocenters. The van der Waals surface area contributed by atoms with Crippen LogP contribution < -0.4 is 10.0 Å². The second kappa shape index (κ2) is 8.87. The van der Waals surface area contributed by atoms with Crippen molar-refractivity contribution in [2.24, 2.45) is 0 Å². The average Bonchev–Trinajstić information content (AvgIpc) is 3.31. The second-order valence-corrected chi connectivity index (χ2v) is 9.45. The number of methoxy groups -OCH3 is 1. The molecule has 1 amide bonds. The van der Waals surface area contributed by atoms with Gasteiger partial charge < -0.3 is 10.1 Å². The molecule has 2 aromatic heterocycles. The Morgan fingerprint density at radius 2 is 2.00 bits per heavy atom. The number of hydrogen-bond acceptors (Lipinski definition) is 6. The summed E-state index contributed by atoms with van der Waals surface area (Å²) in [6.45, 7) is 4.16. The maximum atomic E-state index is 12.7. The molecular weight excluding hydrogens is 412 g/mol. The Hall–Kier alpha value is -2.53. The van der Waals surface area contributed by atoms with E-state index in [9.17, 15) is 13.2 Å². The number of carbonyl (C=O) groups is 1. The van der Waals surface area contributed by atoms with Gasteiger partial charge in [-0.05, 0) is 43.7 Å². The number of anilines is 1. The number of nitrogens with one attached hydrogen (secondary N) is 3. The van der Waals surface area contributed by atoms with Crippen molar-refractivity contribution >= 4 is 33.1 Å². The molecule has 0 saturated heterocycles. The van der Waals surface area contributed by atoms with Gasteiger partial charge in [0.05, 0.1) is 22.1 Å². The average molecular weight is 435 g/mol. The van der Waals surface area contributed by atoms with Crippen LogP contribution in [-0.2, 0) is 14.8 Å². The summed E-state index contributed by atoms with van der Waals surface area (Å²) >= 11 is 1.62. The lowest BCUT2D eigenvalue weighted by atomic mass is 10.1. The molecule has 0 fully saturated rings. The first-order valence-electron chi connectivity index (χ1n) is 8.83. The molecule has 2 heterocycles. The van der Waals surface area contributed by atoms with Crippen LogP contribution in [0.3, 0.4) is 0 Å². The van der Waals surface area contributed by atoms with Crippen molar-refractivity contribution in [2.75, 3.05) is 25.6 Å². The minimum Gasteiger partial charge on any atom is -0.383 e. The molecule has 0 aliphatic rings. The fourth-order valence-corrected chi connectivity index (χ4v) is 4.52. The van der Waals surface area contributed by atoms with Crippen molar-refractivity contribution in [2.45, 2.75) is 18.7 Å². The highest BCUT2D eigenvalue weighted by Gasteiger charge is 2.18. The molecule has 0 spiro atoms. The van der Waals surface area contributed by atoms with Crippen molar-refractivity contribution in [3.05, 3.63) is 52.4 Å². The molecule has 10 heteroatoms. The first kappa shape index (κ1) is 21.2. The minimum atomic E-state index is -3.74. The van der Waals surface area contributed by atoms with Crippen LogP contribution in [0.15, 0.2) is 41.3 Å². The number of aryl methyl sites for hydroxylation is 2. The van der Waals surface area contributed by atoms with Crippen molar-refractivity contribution in [1.29, 1.82) is 0 Å². The number of thiophene rings is 1. The highest BCUT2D eigenvalue weighted by Crippen LogP contribution is 2.27. The van der Waals surface area contributed by atoms with Gasteiger partial charge >= 0.3 is 0 Å². The Balaban J connectivity index is 1.78. The highest BCUT2D eigenvalue weighted by atomic mass is 32.2. The number of hydrogen-bond donors (Lipinski definition) is 3. The maximum Gasteiger partial charge on any atom is 0.257 e. The normalized spacial score (nSPS) is 11.6. The van der Waals surface area contributed by atoms with Crippen LogP contribution in [0, 0.1) is 13.8 Å². The lowest BCUT2D eigenvalue weighted by Gasteiger charge is -2.10. The lowest BCUT2D eigenvalue weighted by molar-refractivity contribution is 0.102. The number of carbonyl (C=O) groups excluding carboxylic acids is 1. The maximum absolute atomic E-state index is 12.7. The summed E-state index contributed by atoms with van der Waals surface area (Å²) in [5.41, 5.74) is 1.72. The molecule has 29 heavy (non-hydrogen) atoms. The van der Waals surface area contributed by atoms with Gasteiger partial charge in [-0.15, -0.1) is 11.3 Å². The van der Waals surface area contributed by atoms with E-state index in [0.29, 0.717) is 11.4 Å². The summed E-state index contributed by atoms with van der Waals surface area (Å²) in [7, 11) is -2.25. The Kier molecular flexibility index (Phi) is 6.48. The predicted molar refractivity (Wildman–Crippen MR) is 113 cm³/mol. The number of rotatable bonds is 8. The summed E-state index contributed by atoms with van der Waals surface area (Å²) in [5.74, 6) is -0.0706. The van der Waals surface area contributed by atoms with Crippen LogP contribution in [0.1, 0.15) is 20.8 Å². The monoisotopic (exact) mass is 434 g/mol. The largest absolute Gasteiger partial charge is 0.383 e. The van der Waals surface area contributed by atoms with Crippen LogP contribution in [0.2, 0.25) is 0 Å². The highest BCUT2D eigenvalue weighted by molar-refractivity contribution is 7.89. The molecule has 0 radical (unpaired) electrons. The quantitative estimate of drug-likeness (QED) is 0.472. The third-order valence-electron chi connectivity index (χ3n) is 4.19. The molecule has 3 rings (SSSR count). The van der Waals surface area contributed by atoms with Gasteiger partial charge in [0.2, 0.25) is 10.0 Å². The molecule has 1 aromatic carbocycles. The third-order valence-corrected chi connectivity index (χ3v) is 6.68. The van der Waals surface area contributed by atoms with Gasteiger partial charge in [-0.25, -0.2) is 13.1 Å². The Bertz CT molecular complexity index is 1120. The molecule has 0 aliphatic heterocycles. The van der Waals surface area contributed by atoms with E-state index in [-0.39, 0.29) is 23.6 Å². The van der Waals surface area contributed by atoms with Crippen LogP contribution in [0.25, 0.3) is 10.6 Å². The smallest absolute Gasteiger partial charge is 0.257 e. The number of aromatic amines is 1. The van der Waals surface area contributed by atoms with E-state index in [0.717, 1.165) is 10.6 Å². The summed E-state index contributed by atoms with van der Waals surface area (Å²) in [6, 6.07) is 10.2. The number of nitrogens with zero attached hydrogens (tertiary/aromatic N) is 1. The molecule has 8 nitrogen and oxygen atoms in total. The first-order valence-corrected chi connectivity index (χ1v) is 11.1. The van der Waals surface area contributed by atoms with Crippen LogP contribution in [0.4, 0.5) is 5.82 Å². The molecule has 3 N–H and O–H groups in total. The summed E-state index contributed by atoms with van der Waals surface area (Å²) in [5, 5.41) is 9.74. The lowest BCUT2D eigenvalue weighted by Crippen LogP contribution is -2.27. The van der Waals surface area contributed by atoms with Gasteiger partial charge in [0.25, 0.3) is 5.91 Å². The molecule has 154 valence electrons. The van der Waals surface area contributed by atoms with Gasteiger partial charge in [-0.2, -0.15) is 5.10 Å². The molecule has 0 aliphatic carbocycles. The molecule has 3 aromatic rings. The Morgan fingerprint density at radius 3 is 2.69 bits per heavy atom. The van der Waals surface area contributed by atoms with Gasteiger partial charge in [0.1, 0.15) is 0 Å². The summed E-state index contributed by atoms with van der Waals surface area (Å²) in [4.78, 5) is 14.9. The number of amides is 1. The van der Waals surface area contributed by atoms with E-state index >= 15 is 0 Å². The number of ether oxygens (including phenoxy) is 1. The molecule has 0 saturated carbocycles. The summed E-state index contributed by atoms with van der Waals surface area (Å²) in [6.07, 6.45) is 0. The van der Waals surface area contributed by atoms with Crippen molar-refractivity contribution < 1.29 is 17.9 Å². The van der Waals surface area contributed by atoms with E-state index in [1.54, 1.807) is 30.4 Å². The van der Waals surface area contributed by atoms with E-state index < -0.39 is 15.9 Å². The fraction of sp³-hybridized carbons (Fsp3) is 0.263. The topological polar surface area (TPSA) is 113 Å².